The van der Waals surface area contributed by atoms with Gasteiger partial charge in [-0.2, -0.15) is 13.2 Å². The lowest BCUT2D eigenvalue weighted by Gasteiger charge is -2.30. The fourth-order valence-corrected chi connectivity index (χ4v) is 2.36. The van der Waals surface area contributed by atoms with E-state index < -0.39 is 35.9 Å². The van der Waals surface area contributed by atoms with Gasteiger partial charge in [0.05, 0.1) is 12.0 Å². The minimum absolute atomic E-state index is 0.253. The molecule has 0 aromatic rings. The number of alkyl halides is 3. The third-order valence-corrected chi connectivity index (χ3v) is 3.08. The summed E-state index contributed by atoms with van der Waals surface area (Å²) in [4.78, 5) is 13.0. The number of carbonyl (C=O) groups excluding carboxylic acids is 1. The second-order valence-corrected chi connectivity index (χ2v) is 5.71. The predicted octanol–water partition coefficient (Wildman–Crippen LogP) is 1.76. The zero-order chi connectivity index (χ0) is 13.7. The van der Waals surface area contributed by atoms with Gasteiger partial charge in [-0.15, -0.1) is 0 Å². The first kappa shape index (κ1) is 13.5. The molecule has 1 aliphatic carbocycles. The van der Waals surface area contributed by atoms with E-state index in [0.717, 1.165) is 0 Å². The fraction of sp³-hybridized carbons (Fsp3) is 0.909. The Labute approximate surface area is 103 Å². The molecule has 3 atom stereocenters. The van der Waals surface area contributed by atoms with E-state index in [1.54, 1.807) is 20.8 Å². The van der Waals surface area contributed by atoms with Crippen LogP contribution in [0.15, 0.2) is 0 Å². The monoisotopic (exact) mass is 266 g/mol. The van der Waals surface area contributed by atoms with E-state index in [1.165, 1.54) is 4.90 Å². The van der Waals surface area contributed by atoms with Crippen LogP contribution in [0.2, 0.25) is 0 Å². The average molecular weight is 266 g/mol. The minimum atomic E-state index is -4.27. The summed E-state index contributed by atoms with van der Waals surface area (Å²) in [7, 11) is 0. The van der Waals surface area contributed by atoms with E-state index in [1.807, 2.05) is 0 Å². The summed E-state index contributed by atoms with van der Waals surface area (Å²) >= 11 is 0. The van der Waals surface area contributed by atoms with E-state index in [-0.39, 0.29) is 6.54 Å². The van der Waals surface area contributed by atoms with Crippen LogP contribution in [0, 0.1) is 5.92 Å². The number of halogens is 3. The largest absolute Gasteiger partial charge is 0.444 e. The van der Waals surface area contributed by atoms with E-state index in [0.29, 0.717) is 6.54 Å². The molecule has 1 N–H and O–H groups in total. The maximum Gasteiger partial charge on any atom is 0.410 e. The number of nitrogens with zero attached hydrogens (tertiary/aromatic N) is 1. The van der Waals surface area contributed by atoms with Crippen LogP contribution in [0.5, 0.6) is 0 Å². The Balaban J connectivity index is 2.04. The van der Waals surface area contributed by atoms with Crippen molar-refractivity contribution >= 4 is 6.09 Å². The van der Waals surface area contributed by atoms with Crippen molar-refractivity contribution in [2.45, 2.75) is 44.6 Å². The number of carbonyl (C=O) groups is 1. The van der Waals surface area contributed by atoms with Crippen molar-refractivity contribution in [1.29, 1.82) is 0 Å². The second-order valence-electron chi connectivity index (χ2n) is 5.71. The lowest BCUT2D eigenvalue weighted by molar-refractivity contribution is -0.152. The number of piperazine rings is 1. The summed E-state index contributed by atoms with van der Waals surface area (Å²) in [6.07, 6.45) is -4.93. The maximum atomic E-state index is 12.7. The molecule has 104 valence electrons. The molecule has 2 fully saturated rings. The summed E-state index contributed by atoms with van der Waals surface area (Å²) in [5.41, 5.74) is -0.694. The quantitative estimate of drug-likeness (QED) is 0.726. The first-order chi connectivity index (χ1) is 8.11. The van der Waals surface area contributed by atoms with Gasteiger partial charge in [0.15, 0.2) is 0 Å². The molecule has 1 heterocycles. The Hall–Kier alpha value is -0.980. The number of nitrogens with one attached hydrogen (secondary N) is 1. The molecule has 4 nitrogen and oxygen atoms in total. The lowest BCUT2D eigenvalue weighted by atomic mass is 10.2. The summed E-state index contributed by atoms with van der Waals surface area (Å²) in [5, 5.41) is 2.79. The molecule has 1 saturated heterocycles. The summed E-state index contributed by atoms with van der Waals surface area (Å²) in [5.74, 6) is -1.47. The summed E-state index contributed by atoms with van der Waals surface area (Å²) in [6.45, 7) is 5.70. The smallest absolute Gasteiger partial charge is 0.410 e. The Morgan fingerprint density at radius 1 is 1.33 bits per heavy atom. The highest BCUT2D eigenvalue weighted by molar-refractivity contribution is 5.69. The standard InChI is InChI=1S/C11H17F3N2O2/c1-10(2,3)18-9(17)16-5-4-15-7-6(8(7)16)11(12,13)14/h6-8,15H,4-5H2,1-3H3/t6-,7-,8-/m0/s1. The minimum Gasteiger partial charge on any atom is -0.444 e. The molecule has 2 rings (SSSR count). The molecule has 7 heteroatoms. The molecule has 1 amide bonds. The number of fused-ring (bicyclic) bond motifs is 1. The third-order valence-electron chi connectivity index (χ3n) is 3.08. The molecule has 0 unspecified atom stereocenters. The molecule has 1 aliphatic heterocycles. The van der Waals surface area contributed by atoms with Crippen LogP contribution < -0.4 is 5.32 Å². The van der Waals surface area contributed by atoms with Crippen molar-refractivity contribution in [2.75, 3.05) is 13.1 Å². The summed E-state index contributed by atoms with van der Waals surface area (Å²) < 4.78 is 43.2. The van der Waals surface area contributed by atoms with E-state index in [9.17, 15) is 18.0 Å². The van der Waals surface area contributed by atoms with Crippen LogP contribution in [0.25, 0.3) is 0 Å². The van der Waals surface area contributed by atoms with Crippen molar-refractivity contribution in [3.05, 3.63) is 0 Å². The fourth-order valence-electron chi connectivity index (χ4n) is 2.36. The van der Waals surface area contributed by atoms with E-state index in [2.05, 4.69) is 5.32 Å². The molecular formula is C11H17F3N2O2. The zero-order valence-corrected chi connectivity index (χ0v) is 10.5. The van der Waals surface area contributed by atoms with Crippen LogP contribution in [-0.2, 0) is 4.74 Å². The topological polar surface area (TPSA) is 41.6 Å². The van der Waals surface area contributed by atoms with Crippen molar-refractivity contribution in [3.63, 3.8) is 0 Å². The van der Waals surface area contributed by atoms with Gasteiger partial charge in [0.2, 0.25) is 0 Å². The molecular weight excluding hydrogens is 249 g/mol. The van der Waals surface area contributed by atoms with Crippen molar-refractivity contribution < 1.29 is 22.7 Å². The van der Waals surface area contributed by atoms with Gasteiger partial charge in [0.25, 0.3) is 0 Å². The molecule has 0 aromatic heterocycles. The number of ether oxygens (including phenoxy) is 1. The number of hydrogen-bond donors (Lipinski definition) is 1. The second kappa shape index (κ2) is 4.01. The number of rotatable bonds is 0. The Bertz CT molecular complexity index is 351. The highest BCUT2D eigenvalue weighted by atomic mass is 19.4. The van der Waals surface area contributed by atoms with Gasteiger partial charge in [0.1, 0.15) is 5.60 Å². The van der Waals surface area contributed by atoms with Crippen molar-refractivity contribution in [1.82, 2.24) is 10.2 Å². The molecule has 2 aliphatic rings. The van der Waals surface area contributed by atoms with Crippen LogP contribution in [0.3, 0.4) is 0 Å². The highest BCUT2D eigenvalue weighted by Gasteiger charge is 2.68. The molecule has 1 saturated carbocycles. The van der Waals surface area contributed by atoms with E-state index in [4.69, 9.17) is 4.74 Å². The highest BCUT2D eigenvalue weighted by Crippen LogP contribution is 2.49. The number of amides is 1. The first-order valence-corrected chi connectivity index (χ1v) is 5.91. The van der Waals surface area contributed by atoms with Crippen LogP contribution in [0.4, 0.5) is 18.0 Å². The lowest BCUT2D eigenvalue weighted by Crippen LogP contribution is -2.48. The Kier molecular flexibility index (Phi) is 3.00. The van der Waals surface area contributed by atoms with Gasteiger partial charge in [-0.25, -0.2) is 4.79 Å². The van der Waals surface area contributed by atoms with Crippen LogP contribution >= 0.6 is 0 Å². The van der Waals surface area contributed by atoms with Gasteiger partial charge in [-0.05, 0) is 20.8 Å². The van der Waals surface area contributed by atoms with Gasteiger partial charge in [-0.1, -0.05) is 0 Å². The first-order valence-electron chi connectivity index (χ1n) is 5.91. The molecule has 18 heavy (non-hydrogen) atoms. The van der Waals surface area contributed by atoms with Gasteiger partial charge >= 0.3 is 12.3 Å². The van der Waals surface area contributed by atoms with Crippen LogP contribution in [0.1, 0.15) is 20.8 Å². The van der Waals surface area contributed by atoms with E-state index >= 15 is 0 Å². The SMILES string of the molecule is CC(C)(C)OC(=O)N1CCN[C@@H]2[C@@H]1[C@H]2C(F)(F)F. The van der Waals surface area contributed by atoms with Crippen molar-refractivity contribution in [3.8, 4) is 0 Å². The van der Waals surface area contributed by atoms with Gasteiger partial charge < -0.3 is 15.0 Å². The van der Waals surface area contributed by atoms with Crippen LogP contribution in [-0.4, -0.2) is 47.9 Å². The maximum absolute atomic E-state index is 12.7. The molecule has 0 spiro atoms. The predicted molar refractivity (Wildman–Crippen MR) is 58.1 cm³/mol. The van der Waals surface area contributed by atoms with Crippen molar-refractivity contribution in [2.24, 2.45) is 5.92 Å². The average Bonchev–Trinajstić information content (AvgIpc) is 2.86. The number of hydrogen-bond acceptors (Lipinski definition) is 3. The molecule has 0 aromatic carbocycles. The summed E-state index contributed by atoms with van der Waals surface area (Å²) in [6, 6.07) is -1.49. The Morgan fingerprint density at radius 3 is 2.44 bits per heavy atom. The molecule has 0 bridgehead atoms. The Morgan fingerprint density at radius 2 is 1.94 bits per heavy atom. The molecule has 0 radical (unpaired) electrons. The van der Waals surface area contributed by atoms with Gasteiger partial charge in [0, 0.05) is 19.1 Å². The normalized spacial score (nSPS) is 31.9. The zero-order valence-electron chi connectivity index (χ0n) is 10.5. The third kappa shape index (κ3) is 2.55. The van der Waals surface area contributed by atoms with Gasteiger partial charge in [-0.3, -0.25) is 0 Å².